The number of nitrogens with zero attached hydrogens (tertiary/aromatic N) is 3. The van der Waals surface area contributed by atoms with Crippen LogP contribution in [0, 0.1) is 10.1 Å². The van der Waals surface area contributed by atoms with E-state index >= 15 is 0 Å². The second kappa shape index (κ2) is 10.6. The number of thiazole rings is 1. The van der Waals surface area contributed by atoms with Gasteiger partial charge in [0.15, 0.2) is 0 Å². The molecule has 0 saturated heterocycles. The zero-order chi connectivity index (χ0) is 26.1. The molecule has 0 saturated carbocycles. The quantitative estimate of drug-likeness (QED) is 0.130. The Labute approximate surface area is 230 Å². The Morgan fingerprint density at radius 1 is 1.05 bits per heavy atom. The Balaban J connectivity index is 1.30. The van der Waals surface area contributed by atoms with Gasteiger partial charge in [-0.3, -0.25) is 19.8 Å². The lowest BCUT2D eigenvalue weighted by atomic mass is 10.0. The number of carbonyl (C=O) groups is 1. The van der Waals surface area contributed by atoms with Gasteiger partial charge in [0.1, 0.15) is 10.0 Å². The number of fused-ring (bicyclic) bond motifs is 2. The van der Waals surface area contributed by atoms with Gasteiger partial charge in [0.2, 0.25) is 5.91 Å². The van der Waals surface area contributed by atoms with Gasteiger partial charge < -0.3 is 5.32 Å². The molecule has 0 fully saturated rings. The predicted molar refractivity (Wildman–Crippen MR) is 156 cm³/mol. The van der Waals surface area contributed by atoms with Crippen LogP contribution in [0.3, 0.4) is 0 Å². The maximum Gasteiger partial charge on any atom is 0.324 e. The van der Waals surface area contributed by atoms with Crippen LogP contribution in [0.4, 0.5) is 10.0 Å². The fourth-order valence-corrected chi connectivity index (χ4v) is 7.70. The van der Waals surface area contributed by atoms with Crippen molar-refractivity contribution in [1.29, 1.82) is 0 Å². The Hall–Kier alpha value is -3.70. The number of para-hydroxylation sites is 1. The van der Waals surface area contributed by atoms with Crippen LogP contribution in [0.5, 0.6) is 0 Å². The molecule has 0 bridgehead atoms. The van der Waals surface area contributed by atoms with Crippen LogP contribution in [0.15, 0.2) is 72.8 Å². The first-order valence-electron chi connectivity index (χ1n) is 12.0. The van der Waals surface area contributed by atoms with Crippen molar-refractivity contribution >= 4 is 66.2 Å². The zero-order valence-electron chi connectivity index (χ0n) is 20.1. The molecule has 1 amide bonds. The van der Waals surface area contributed by atoms with Crippen LogP contribution in [0.25, 0.3) is 26.9 Å². The van der Waals surface area contributed by atoms with Gasteiger partial charge in [-0.1, -0.05) is 53.8 Å². The van der Waals surface area contributed by atoms with E-state index in [0.717, 1.165) is 63.2 Å². The molecule has 7 nitrogen and oxygen atoms in total. The molecule has 6 rings (SSSR count). The lowest BCUT2D eigenvalue weighted by Gasteiger charge is -2.27. The minimum Gasteiger partial charge on any atom is -0.313 e. The highest BCUT2D eigenvalue weighted by Crippen LogP contribution is 2.45. The summed E-state index contributed by atoms with van der Waals surface area (Å²) in [5.74, 6) is -0.275. The Morgan fingerprint density at radius 2 is 1.87 bits per heavy atom. The number of anilines is 1. The van der Waals surface area contributed by atoms with Crippen LogP contribution in [-0.2, 0) is 24.3 Å². The molecule has 2 aromatic carbocycles. The van der Waals surface area contributed by atoms with Crippen LogP contribution in [-0.4, -0.2) is 27.3 Å². The van der Waals surface area contributed by atoms with E-state index in [9.17, 15) is 14.9 Å². The molecule has 38 heavy (non-hydrogen) atoms. The molecule has 0 radical (unpaired) electrons. The van der Waals surface area contributed by atoms with Crippen molar-refractivity contribution in [3.63, 3.8) is 0 Å². The molecule has 4 heterocycles. The molecule has 1 N–H and O–H groups in total. The third-order valence-electron chi connectivity index (χ3n) is 6.32. The van der Waals surface area contributed by atoms with E-state index in [1.807, 2.05) is 24.3 Å². The molecule has 10 heteroatoms. The topological polar surface area (TPSA) is 88.4 Å². The Kier molecular flexibility index (Phi) is 6.86. The number of nitro groups is 1. The first-order chi connectivity index (χ1) is 18.5. The summed E-state index contributed by atoms with van der Waals surface area (Å²) in [6, 6.07) is 21.6. The number of thiophene rings is 2. The molecule has 0 atom stereocenters. The van der Waals surface area contributed by atoms with Gasteiger partial charge in [0.25, 0.3) is 0 Å². The molecule has 0 unspecified atom stereocenters. The summed E-state index contributed by atoms with van der Waals surface area (Å²) in [7, 11) is 0. The van der Waals surface area contributed by atoms with Crippen LogP contribution < -0.4 is 5.32 Å². The van der Waals surface area contributed by atoms with E-state index in [0.29, 0.717) is 4.88 Å². The van der Waals surface area contributed by atoms with Gasteiger partial charge in [-0.05, 0) is 41.8 Å². The number of aromatic nitrogens is 1. The maximum atomic E-state index is 13.0. The van der Waals surface area contributed by atoms with Crippen molar-refractivity contribution in [1.82, 2.24) is 9.88 Å². The summed E-state index contributed by atoms with van der Waals surface area (Å²) in [5.41, 5.74) is 4.50. The van der Waals surface area contributed by atoms with E-state index in [1.165, 1.54) is 28.1 Å². The van der Waals surface area contributed by atoms with E-state index < -0.39 is 4.92 Å². The number of hydrogen-bond donors (Lipinski definition) is 1. The van der Waals surface area contributed by atoms with Crippen molar-refractivity contribution in [2.45, 2.75) is 19.5 Å². The van der Waals surface area contributed by atoms with Crippen molar-refractivity contribution in [2.75, 3.05) is 11.9 Å². The average Bonchev–Trinajstić information content (AvgIpc) is 3.64. The SMILES string of the molecule is O=C(/C=C/c1ccc([N+](=O)[O-])s1)Nc1sc2c(c1-c1nc3ccccc3s1)CCN(Cc1ccccc1)C2. The minimum atomic E-state index is -0.427. The molecular weight excluding hydrogens is 537 g/mol. The highest BCUT2D eigenvalue weighted by molar-refractivity contribution is 7.23. The van der Waals surface area contributed by atoms with E-state index in [-0.39, 0.29) is 10.9 Å². The predicted octanol–water partition coefficient (Wildman–Crippen LogP) is 7.20. The third kappa shape index (κ3) is 5.16. The number of hydrogen-bond acceptors (Lipinski definition) is 8. The average molecular weight is 559 g/mol. The summed E-state index contributed by atoms with van der Waals surface area (Å²) in [6.07, 6.45) is 3.92. The largest absolute Gasteiger partial charge is 0.324 e. The highest BCUT2D eigenvalue weighted by atomic mass is 32.1. The second-order valence-corrected chi connectivity index (χ2v) is 12.1. The molecule has 190 valence electrons. The highest BCUT2D eigenvalue weighted by Gasteiger charge is 2.27. The summed E-state index contributed by atoms with van der Waals surface area (Å²) in [6.45, 7) is 2.63. The van der Waals surface area contributed by atoms with E-state index in [4.69, 9.17) is 4.98 Å². The molecular formula is C28H22N4O3S3. The third-order valence-corrected chi connectivity index (χ3v) is 9.51. The standard InChI is InChI=1S/C28H22N4O3S3/c33-24(12-10-19-11-13-25(36-19)32(34)35)30-28-26(27-29-21-8-4-5-9-22(21)37-27)20-14-15-31(17-23(20)38-28)16-18-6-2-1-3-7-18/h1-13H,14-17H2,(H,30,33)/b12-10+. The van der Waals surface area contributed by atoms with Gasteiger partial charge in [-0.15, -0.1) is 22.7 Å². The Morgan fingerprint density at radius 3 is 2.66 bits per heavy atom. The maximum absolute atomic E-state index is 13.0. The number of amides is 1. The number of rotatable bonds is 7. The summed E-state index contributed by atoms with van der Waals surface area (Å²) < 4.78 is 1.11. The summed E-state index contributed by atoms with van der Waals surface area (Å²) in [4.78, 5) is 32.7. The van der Waals surface area contributed by atoms with Gasteiger partial charge >= 0.3 is 5.00 Å². The van der Waals surface area contributed by atoms with Crippen LogP contribution in [0.2, 0.25) is 0 Å². The van der Waals surface area contributed by atoms with Gasteiger partial charge in [-0.25, -0.2) is 4.98 Å². The first kappa shape index (κ1) is 24.6. The smallest absolute Gasteiger partial charge is 0.313 e. The van der Waals surface area contributed by atoms with E-state index in [1.54, 1.807) is 34.8 Å². The van der Waals surface area contributed by atoms with Crippen molar-refractivity contribution < 1.29 is 9.72 Å². The number of benzene rings is 2. The van der Waals surface area contributed by atoms with Gasteiger partial charge in [0.05, 0.1) is 15.1 Å². The van der Waals surface area contributed by atoms with Crippen molar-refractivity contribution in [3.05, 3.63) is 104 Å². The number of nitrogens with one attached hydrogen (secondary N) is 1. The van der Waals surface area contributed by atoms with E-state index in [2.05, 4.69) is 40.5 Å². The van der Waals surface area contributed by atoms with Gasteiger partial charge in [0, 0.05) is 47.1 Å². The van der Waals surface area contributed by atoms with Gasteiger partial charge in [-0.2, -0.15) is 0 Å². The second-order valence-electron chi connectivity index (χ2n) is 8.90. The normalized spacial score (nSPS) is 13.7. The fourth-order valence-electron chi connectivity index (χ4n) is 4.57. The first-order valence-corrected chi connectivity index (χ1v) is 14.5. The lowest BCUT2D eigenvalue weighted by Crippen LogP contribution is -2.29. The monoisotopic (exact) mass is 558 g/mol. The molecule has 0 spiro atoms. The van der Waals surface area contributed by atoms with Crippen LogP contribution >= 0.6 is 34.0 Å². The lowest BCUT2D eigenvalue weighted by molar-refractivity contribution is -0.380. The Bertz CT molecular complexity index is 1640. The number of carbonyl (C=O) groups excluding carboxylic acids is 1. The molecule has 5 aromatic rings. The summed E-state index contributed by atoms with van der Waals surface area (Å²) in [5, 5.41) is 15.8. The molecule has 1 aliphatic rings. The minimum absolute atomic E-state index is 0.0502. The zero-order valence-corrected chi connectivity index (χ0v) is 22.6. The summed E-state index contributed by atoms with van der Waals surface area (Å²) >= 11 is 4.29. The molecule has 1 aliphatic heterocycles. The van der Waals surface area contributed by atoms with Crippen molar-refractivity contribution in [2.24, 2.45) is 0 Å². The molecule has 0 aliphatic carbocycles. The molecule has 3 aromatic heterocycles. The van der Waals surface area contributed by atoms with Crippen molar-refractivity contribution in [3.8, 4) is 10.6 Å². The van der Waals surface area contributed by atoms with Crippen LogP contribution in [0.1, 0.15) is 20.9 Å². The fraction of sp³-hybridized carbons (Fsp3) is 0.143.